The molecule has 7 heteroatoms. The smallest absolute Gasteiger partial charge is 0.180 e. The molecule has 3 aromatic heterocycles. The molecule has 1 fully saturated rings. The van der Waals surface area contributed by atoms with Gasteiger partial charge >= 0.3 is 0 Å². The van der Waals surface area contributed by atoms with Crippen LogP contribution in [0.4, 0.5) is 5.82 Å². The van der Waals surface area contributed by atoms with Gasteiger partial charge in [0.1, 0.15) is 17.0 Å². The zero-order chi connectivity index (χ0) is 15.8. The third kappa shape index (κ3) is 3.30. The van der Waals surface area contributed by atoms with Crippen LogP contribution in [0.3, 0.4) is 0 Å². The summed E-state index contributed by atoms with van der Waals surface area (Å²) < 4.78 is 0. The van der Waals surface area contributed by atoms with Gasteiger partial charge in [-0.05, 0) is 56.2 Å². The van der Waals surface area contributed by atoms with Crippen molar-refractivity contribution in [2.24, 2.45) is 0 Å². The highest BCUT2D eigenvalue weighted by Gasteiger charge is 2.21. The highest BCUT2D eigenvalue weighted by atomic mass is 32.1. The highest BCUT2D eigenvalue weighted by Crippen LogP contribution is 2.26. The van der Waals surface area contributed by atoms with E-state index >= 15 is 0 Å². The van der Waals surface area contributed by atoms with Crippen molar-refractivity contribution >= 4 is 45.6 Å². The summed E-state index contributed by atoms with van der Waals surface area (Å²) in [4.78, 5) is 16.0. The number of thiocarbonyl (C=S) groups is 1. The highest BCUT2D eigenvalue weighted by molar-refractivity contribution is 7.80. The molecule has 0 amide bonds. The normalized spacial score (nSPS) is 14.0. The second-order valence-electron chi connectivity index (χ2n) is 5.58. The van der Waals surface area contributed by atoms with Crippen LogP contribution in [0.1, 0.15) is 17.7 Å². The van der Waals surface area contributed by atoms with Gasteiger partial charge in [-0.2, -0.15) is 0 Å². The lowest BCUT2D eigenvalue weighted by molar-refractivity contribution is 0.918. The quantitative estimate of drug-likeness (QED) is 0.711. The molecule has 0 unspecified atom stereocenters. The first-order valence-corrected chi connectivity index (χ1v) is 8.68. The van der Waals surface area contributed by atoms with Crippen molar-refractivity contribution in [3.63, 3.8) is 0 Å². The van der Waals surface area contributed by atoms with Gasteiger partial charge in [0.25, 0.3) is 0 Å². The van der Waals surface area contributed by atoms with E-state index in [9.17, 15) is 0 Å². The Morgan fingerprint density at radius 3 is 2.83 bits per heavy atom. The van der Waals surface area contributed by atoms with Crippen molar-refractivity contribution in [1.29, 1.82) is 0 Å². The topological polar surface area (TPSA) is 62.7 Å². The van der Waals surface area contributed by atoms with Crippen LogP contribution in [0, 0.1) is 6.92 Å². The van der Waals surface area contributed by atoms with Crippen LogP contribution in [-0.2, 0) is 0 Å². The number of anilines is 1. The molecule has 0 spiro atoms. The largest absolute Gasteiger partial charge is 0.360 e. The number of hydrogen-bond acceptors (Lipinski definition) is 5. The van der Waals surface area contributed by atoms with Gasteiger partial charge in [0, 0.05) is 10.9 Å². The maximum Gasteiger partial charge on any atom is 0.180 e. The number of fused-ring (bicyclic) bond motifs is 1. The van der Waals surface area contributed by atoms with E-state index in [1.165, 1.54) is 17.7 Å². The molecule has 0 aliphatic heterocycles. The SMILES string of the molecule is Cc1ccc(-c2cnc3ccc(NC(=S)NC4CC4)nc3n2)s1. The Hall–Kier alpha value is -2.12. The molecule has 116 valence electrons. The Balaban J connectivity index is 1.62. The monoisotopic (exact) mass is 341 g/mol. The third-order valence-corrected chi connectivity index (χ3v) is 4.80. The van der Waals surface area contributed by atoms with Gasteiger partial charge in [0.2, 0.25) is 0 Å². The molecule has 3 aromatic rings. The molecule has 3 heterocycles. The molecule has 1 aliphatic rings. The van der Waals surface area contributed by atoms with Crippen molar-refractivity contribution < 1.29 is 0 Å². The fraction of sp³-hybridized carbons (Fsp3) is 0.250. The van der Waals surface area contributed by atoms with E-state index in [-0.39, 0.29) is 0 Å². The van der Waals surface area contributed by atoms with Gasteiger partial charge in [-0.15, -0.1) is 11.3 Å². The van der Waals surface area contributed by atoms with Gasteiger partial charge in [0.15, 0.2) is 10.8 Å². The number of pyridine rings is 1. The van der Waals surface area contributed by atoms with Gasteiger partial charge in [-0.1, -0.05) is 0 Å². The van der Waals surface area contributed by atoms with E-state index in [0.717, 1.165) is 16.1 Å². The maximum absolute atomic E-state index is 5.28. The number of thiophene rings is 1. The second-order valence-corrected chi connectivity index (χ2v) is 7.27. The van der Waals surface area contributed by atoms with Crippen molar-refractivity contribution in [1.82, 2.24) is 20.3 Å². The molecular formula is C16H15N5S2. The average Bonchev–Trinajstić information content (AvgIpc) is 3.24. The number of aromatic nitrogens is 3. The molecule has 0 atom stereocenters. The van der Waals surface area contributed by atoms with Crippen molar-refractivity contribution in [3.05, 3.63) is 35.3 Å². The second kappa shape index (κ2) is 5.82. The van der Waals surface area contributed by atoms with Crippen LogP contribution in [0.5, 0.6) is 0 Å². The summed E-state index contributed by atoms with van der Waals surface area (Å²) in [5.74, 6) is 0.685. The Bertz CT molecular complexity index is 885. The van der Waals surface area contributed by atoms with E-state index in [0.29, 0.717) is 22.6 Å². The molecule has 1 aliphatic carbocycles. The molecule has 4 rings (SSSR count). The first-order valence-electron chi connectivity index (χ1n) is 7.45. The molecule has 2 N–H and O–H groups in total. The van der Waals surface area contributed by atoms with Gasteiger partial charge in [-0.25, -0.2) is 9.97 Å². The Morgan fingerprint density at radius 2 is 2.09 bits per heavy atom. The number of aryl methyl sites for hydroxylation is 1. The summed E-state index contributed by atoms with van der Waals surface area (Å²) in [6.45, 7) is 2.08. The molecule has 0 radical (unpaired) electrons. The van der Waals surface area contributed by atoms with Crippen molar-refractivity contribution in [3.8, 4) is 10.6 Å². The summed E-state index contributed by atoms with van der Waals surface area (Å²) in [5, 5.41) is 6.96. The van der Waals surface area contributed by atoms with Gasteiger partial charge in [-0.3, -0.25) is 4.98 Å². The lowest BCUT2D eigenvalue weighted by atomic mass is 10.3. The first-order chi connectivity index (χ1) is 11.2. The summed E-state index contributed by atoms with van der Waals surface area (Å²) in [6.07, 6.45) is 4.16. The average molecular weight is 341 g/mol. The Kier molecular flexibility index (Phi) is 3.66. The fourth-order valence-corrected chi connectivity index (χ4v) is 3.32. The van der Waals surface area contributed by atoms with Crippen molar-refractivity contribution in [2.45, 2.75) is 25.8 Å². The first kappa shape index (κ1) is 14.5. The van der Waals surface area contributed by atoms with E-state index in [4.69, 9.17) is 12.2 Å². The molecule has 0 bridgehead atoms. The maximum atomic E-state index is 5.28. The van der Waals surface area contributed by atoms with E-state index < -0.39 is 0 Å². The van der Waals surface area contributed by atoms with Crippen LogP contribution < -0.4 is 10.6 Å². The van der Waals surface area contributed by atoms with Crippen LogP contribution in [0.15, 0.2) is 30.5 Å². The minimum absolute atomic E-state index is 0.518. The number of rotatable bonds is 3. The number of nitrogens with zero attached hydrogens (tertiary/aromatic N) is 3. The standard InChI is InChI=1S/C16H15N5S2/c1-9-2-6-13(23-9)12-8-17-11-5-7-14(20-15(11)19-12)21-16(22)18-10-3-4-10/h2,5-8,10H,3-4H2,1H3,(H2,18,19,20,21,22). The Morgan fingerprint density at radius 1 is 1.22 bits per heavy atom. The summed E-state index contributed by atoms with van der Waals surface area (Å²) >= 11 is 6.98. The van der Waals surface area contributed by atoms with Crippen LogP contribution in [0.2, 0.25) is 0 Å². The molecule has 0 aromatic carbocycles. The minimum atomic E-state index is 0.518. The molecule has 0 saturated heterocycles. The molecule has 23 heavy (non-hydrogen) atoms. The summed E-state index contributed by atoms with van der Waals surface area (Å²) in [5.41, 5.74) is 2.24. The zero-order valence-electron chi connectivity index (χ0n) is 12.5. The molecule has 5 nitrogen and oxygen atoms in total. The lowest BCUT2D eigenvalue weighted by Gasteiger charge is -2.09. The minimum Gasteiger partial charge on any atom is -0.360 e. The number of hydrogen-bond donors (Lipinski definition) is 2. The molecule has 1 saturated carbocycles. The molecular weight excluding hydrogens is 326 g/mol. The van der Waals surface area contributed by atoms with Crippen molar-refractivity contribution in [2.75, 3.05) is 5.32 Å². The van der Waals surface area contributed by atoms with E-state index in [2.05, 4.69) is 44.6 Å². The predicted molar refractivity (Wildman–Crippen MR) is 97.8 cm³/mol. The summed E-state index contributed by atoms with van der Waals surface area (Å²) in [7, 11) is 0. The van der Waals surface area contributed by atoms with Crippen LogP contribution in [-0.4, -0.2) is 26.1 Å². The van der Waals surface area contributed by atoms with Crippen LogP contribution in [0.25, 0.3) is 21.7 Å². The predicted octanol–water partition coefficient (Wildman–Crippen LogP) is 3.51. The van der Waals surface area contributed by atoms with Gasteiger partial charge in [0.05, 0.1) is 11.1 Å². The van der Waals surface area contributed by atoms with E-state index in [1.54, 1.807) is 17.5 Å². The fourth-order valence-electron chi connectivity index (χ4n) is 2.22. The van der Waals surface area contributed by atoms with E-state index in [1.807, 2.05) is 12.1 Å². The van der Waals surface area contributed by atoms with Crippen LogP contribution >= 0.6 is 23.6 Å². The third-order valence-electron chi connectivity index (χ3n) is 3.55. The van der Waals surface area contributed by atoms with Gasteiger partial charge < -0.3 is 10.6 Å². The summed E-state index contributed by atoms with van der Waals surface area (Å²) in [6, 6.07) is 8.43. The zero-order valence-corrected chi connectivity index (χ0v) is 14.2. The Labute approximate surface area is 143 Å². The lowest BCUT2D eigenvalue weighted by Crippen LogP contribution is -2.30. The number of nitrogens with one attached hydrogen (secondary N) is 2.